The number of hydrogen-bond acceptors (Lipinski definition) is 4. The molecule has 7 nitrogen and oxygen atoms in total. The Morgan fingerprint density at radius 3 is 2.32 bits per heavy atom. The lowest BCUT2D eigenvalue weighted by molar-refractivity contribution is -0.123. The number of carbonyl (C=O) groups excluding carboxylic acids is 1. The third-order valence-corrected chi connectivity index (χ3v) is 3.81. The topological polar surface area (TPSA) is 116 Å². The van der Waals surface area contributed by atoms with E-state index in [1.807, 2.05) is 6.92 Å². The third-order valence-electron chi connectivity index (χ3n) is 3.32. The van der Waals surface area contributed by atoms with Crippen molar-refractivity contribution in [3.63, 3.8) is 0 Å². The van der Waals surface area contributed by atoms with Crippen LogP contribution in [0.3, 0.4) is 0 Å². The molecular weight excluding hydrogens is 309 g/mol. The smallest absolute Gasteiger partial charge is 0.391 e. The molecule has 22 heavy (non-hydrogen) atoms. The van der Waals surface area contributed by atoms with Gasteiger partial charge in [0.25, 0.3) is 0 Å². The average molecular weight is 339 g/mol. The van der Waals surface area contributed by atoms with Crippen molar-refractivity contribution in [2.45, 2.75) is 77.4 Å². The number of hydrogen-bond donors (Lipinski definition) is 4. The van der Waals surface area contributed by atoms with Crippen LogP contribution in [0.1, 0.15) is 65.2 Å². The highest BCUT2D eigenvalue weighted by atomic mass is 31.2. The molecule has 0 aromatic rings. The van der Waals surface area contributed by atoms with Crippen LogP contribution < -0.4 is 5.32 Å². The van der Waals surface area contributed by atoms with Gasteiger partial charge in [0.15, 0.2) is 0 Å². The van der Waals surface area contributed by atoms with E-state index < -0.39 is 26.6 Å². The van der Waals surface area contributed by atoms with E-state index in [0.29, 0.717) is 19.3 Å². The molecule has 0 radical (unpaired) electrons. The van der Waals surface area contributed by atoms with Gasteiger partial charge in [-0.2, -0.15) is 0 Å². The molecule has 1 amide bonds. The molecule has 0 aliphatic carbocycles. The van der Waals surface area contributed by atoms with E-state index in [-0.39, 0.29) is 5.91 Å². The standard InChI is InChI=1S/C14H30NO6P/c1-3-5-6-7-8-10-14(17)15-12(13(16)9-4-2)11-21-22(18,19)20/h12-13,16H,3-11H2,1-2H3,(H,15,17)(H2,18,19,20)/t12-,13+/m0/s1. The molecule has 0 aliphatic heterocycles. The van der Waals surface area contributed by atoms with Gasteiger partial charge in [-0.1, -0.05) is 46.0 Å². The van der Waals surface area contributed by atoms with Crippen LogP contribution in [0.15, 0.2) is 0 Å². The summed E-state index contributed by atoms with van der Waals surface area (Å²) in [5.74, 6) is -0.231. The number of phosphoric acid groups is 1. The van der Waals surface area contributed by atoms with Crippen LogP contribution in [0.5, 0.6) is 0 Å². The quantitative estimate of drug-likeness (QED) is 0.302. The maximum Gasteiger partial charge on any atom is 0.469 e. The monoisotopic (exact) mass is 339 g/mol. The van der Waals surface area contributed by atoms with E-state index in [9.17, 15) is 14.5 Å². The molecule has 0 unspecified atom stereocenters. The Balaban J connectivity index is 4.25. The highest BCUT2D eigenvalue weighted by molar-refractivity contribution is 7.46. The molecule has 8 heteroatoms. The summed E-state index contributed by atoms with van der Waals surface area (Å²) in [5, 5.41) is 12.6. The zero-order valence-corrected chi connectivity index (χ0v) is 14.4. The highest BCUT2D eigenvalue weighted by Crippen LogP contribution is 2.35. The van der Waals surface area contributed by atoms with Gasteiger partial charge < -0.3 is 20.2 Å². The number of rotatable bonds is 13. The maximum atomic E-state index is 11.8. The first-order valence-corrected chi connectivity index (χ1v) is 9.50. The number of aliphatic hydroxyl groups is 1. The van der Waals surface area contributed by atoms with E-state index in [4.69, 9.17) is 9.79 Å². The first-order valence-electron chi connectivity index (χ1n) is 7.97. The fraction of sp³-hybridized carbons (Fsp3) is 0.929. The number of phosphoric ester groups is 1. The lowest BCUT2D eigenvalue weighted by Crippen LogP contribution is -2.46. The summed E-state index contributed by atoms with van der Waals surface area (Å²) >= 11 is 0. The molecule has 0 saturated heterocycles. The van der Waals surface area contributed by atoms with Gasteiger partial charge in [-0.3, -0.25) is 9.32 Å². The van der Waals surface area contributed by atoms with Crippen molar-refractivity contribution in [3.05, 3.63) is 0 Å². The fourth-order valence-electron chi connectivity index (χ4n) is 2.09. The molecule has 0 aliphatic rings. The summed E-state index contributed by atoms with van der Waals surface area (Å²) in [4.78, 5) is 29.3. The summed E-state index contributed by atoms with van der Waals surface area (Å²) in [6.45, 7) is 3.58. The molecule has 0 spiro atoms. The molecule has 0 aromatic carbocycles. The van der Waals surface area contributed by atoms with Crippen molar-refractivity contribution in [1.82, 2.24) is 5.32 Å². The van der Waals surface area contributed by atoms with E-state index in [0.717, 1.165) is 32.1 Å². The van der Waals surface area contributed by atoms with Crippen molar-refractivity contribution in [3.8, 4) is 0 Å². The van der Waals surface area contributed by atoms with Gasteiger partial charge in [-0.05, 0) is 12.8 Å². The Bertz CT molecular complexity index is 346. The molecule has 0 rings (SSSR count). The fourth-order valence-corrected chi connectivity index (χ4v) is 2.45. The molecule has 0 fully saturated rings. The normalized spacial score (nSPS) is 14.6. The molecule has 0 aromatic heterocycles. The van der Waals surface area contributed by atoms with Crippen molar-refractivity contribution in [2.75, 3.05) is 6.61 Å². The van der Waals surface area contributed by atoms with Gasteiger partial charge in [0, 0.05) is 6.42 Å². The van der Waals surface area contributed by atoms with Crippen LogP contribution in [0.25, 0.3) is 0 Å². The SMILES string of the molecule is CCCCCCCC(=O)N[C@@H](COP(=O)(O)O)[C@H](O)CCC. The predicted octanol–water partition coefficient (Wildman–Crippen LogP) is 2.10. The van der Waals surface area contributed by atoms with Crippen LogP contribution in [-0.4, -0.2) is 39.6 Å². The zero-order valence-electron chi connectivity index (χ0n) is 13.5. The van der Waals surface area contributed by atoms with Crippen LogP contribution >= 0.6 is 7.82 Å². The van der Waals surface area contributed by atoms with E-state index in [2.05, 4.69) is 16.8 Å². The molecule has 132 valence electrons. The molecule has 4 N–H and O–H groups in total. The lowest BCUT2D eigenvalue weighted by atomic mass is 10.1. The second kappa shape index (κ2) is 12.0. The number of carbonyl (C=O) groups is 1. The summed E-state index contributed by atoms with van der Waals surface area (Å²) in [6.07, 6.45) is 5.69. The zero-order chi connectivity index (χ0) is 17.0. The van der Waals surface area contributed by atoms with Gasteiger partial charge in [0.1, 0.15) is 0 Å². The highest BCUT2D eigenvalue weighted by Gasteiger charge is 2.24. The minimum atomic E-state index is -4.62. The first-order chi connectivity index (χ1) is 10.3. The van der Waals surface area contributed by atoms with Gasteiger partial charge >= 0.3 is 7.82 Å². The maximum absolute atomic E-state index is 11.8. The van der Waals surface area contributed by atoms with Crippen LogP contribution in [-0.2, 0) is 13.9 Å². The van der Waals surface area contributed by atoms with Gasteiger partial charge in [0.2, 0.25) is 5.91 Å². The molecule has 2 atom stereocenters. The average Bonchev–Trinajstić information content (AvgIpc) is 2.42. The number of nitrogens with one attached hydrogen (secondary N) is 1. The van der Waals surface area contributed by atoms with E-state index in [1.165, 1.54) is 0 Å². The summed E-state index contributed by atoms with van der Waals surface area (Å²) in [5.41, 5.74) is 0. The van der Waals surface area contributed by atoms with Gasteiger partial charge in [-0.15, -0.1) is 0 Å². The predicted molar refractivity (Wildman–Crippen MR) is 84.2 cm³/mol. The van der Waals surface area contributed by atoms with Gasteiger partial charge in [0.05, 0.1) is 18.8 Å². The third kappa shape index (κ3) is 12.1. The second-order valence-corrected chi connectivity index (χ2v) is 6.72. The van der Waals surface area contributed by atoms with Crippen molar-refractivity contribution in [1.29, 1.82) is 0 Å². The van der Waals surface area contributed by atoms with Crippen molar-refractivity contribution in [2.24, 2.45) is 0 Å². The molecule has 0 saturated carbocycles. The summed E-state index contributed by atoms with van der Waals surface area (Å²) in [7, 11) is -4.62. The minimum Gasteiger partial charge on any atom is -0.391 e. The Kier molecular flexibility index (Phi) is 11.8. The largest absolute Gasteiger partial charge is 0.469 e. The van der Waals surface area contributed by atoms with Crippen molar-refractivity contribution < 1.29 is 28.8 Å². The van der Waals surface area contributed by atoms with E-state index in [1.54, 1.807) is 0 Å². The Hall–Kier alpha value is -0.460. The Labute approximate surface area is 132 Å². The minimum absolute atomic E-state index is 0.231. The van der Waals surface area contributed by atoms with Crippen molar-refractivity contribution >= 4 is 13.7 Å². The molecule has 0 bridgehead atoms. The van der Waals surface area contributed by atoms with E-state index >= 15 is 0 Å². The van der Waals surface area contributed by atoms with Crippen LogP contribution in [0, 0.1) is 0 Å². The summed E-state index contributed by atoms with van der Waals surface area (Å²) in [6, 6.07) is -0.810. The number of unbranched alkanes of at least 4 members (excludes halogenated alkanes) is 4. The Morgan fingerprint density at radius 1 is 1.14 bits per heavy atom. The second-order valence-electron chi connectivity index (χ2n) is 5.48. The molecular formula is C14H30NO6P. The first kappa shape index (κ1) is 21.5. The lowest BCUT2D eigenvalue weighted by Gasteiger charge is -2.24. The number of aliphatic hydroxyl groups excluding tert-OH is 1. The summed E-state index contributed by atoms with van der Waals surface area (Å²) < 4.78 is 15.2. The van der Waals surface area contributed by atoms with Crippen LogP contribution in [0.4, 0.5) is 0 Å². The van der Waals surface area contributed by atoms with Gasteiger partial charge in [-0.25, -0.2) is 4.57 Å². The van der Waals surface area contributed by atoms with Crippen LogP contribution in [0.2, 0.25) is 0 Å². The Morgan fingerprint density at radius 2 is 1.77 bits per heavy atom. The molecule has 0 heterocycles. The number of amides is 1.